The number of hydrogen-bond acceptors (Lipinski definition) is 9. The molecule has 0 unspecified atom stereocenters. The zero-order valence-electron chi connectivity index (χ0n) is 22.6. The number of likely N-dealkylation sites (N-methyl/N-ethyl adjacent to an activating group) is 1. The number of H-pyrrole nitrogens is 1. The van der Waals surface area contributed by atoms with Crippen molar-refractivity contribution in [1.82, 2.24) is 24.8 Å². The molecule has 1 aliphatic rings. The number of nitrogens with zero attached hydrogens (tertiary/aromatic N) is 5. The molecule has 0 saturated carbocycles. The van der Waals surface area contributed by atoms with Crippen LogP contribution in [0.5, 0.6) is 0 Å². The average molecular weight is 537 g/mol. The topological polar surface area (TPSA) is 115 Å². The summed E-state index contributed by atoms with van der Waals surface area (Å²) >= 11 is 0. The number of anilines is 5. The van der Waals surface area contributed by atoms with Gasteiger partial charge in [-0.15, -0.1) is 0 Å². The molecule has 1 aliphatic heterocycles. The van der Waals surface area contributed by atoms with Crippen molar-refractivity contribution < 1.29 is 4.42 Å². The van der Waals surface area contributed by atoms with Crippen LogP contribution in [0.4, 0.5) is 29.0 Å². The molecule has 4 heterocycles. The number of piperidine rings is 1. The number of oxazole rings is 1. The van der Waals surface area contributed by atoms with E-state index in [2.05, 4.69) is 72.8 Å². The Morgan fingerprint density at radius 3 is 2.73 bits per heavy atom. The summed E-state index contributed by atoms with van der Waals surface area (Å²) in [5, 5.41) is 6.55. The highest BCUT2D eigenvalue weighted by molar-refractivity contribution is 5.78. The Balaban J connectivity index is 1.10. The summed E-state index contributed by atoms with van der Waals surface area (Å²) in [7, 11) is 2.13. The SMILES string of the molecule is Cc1cnc(Nc2ccc(N(C)[C@@H]3CCCN(Cc4ccccc4)C3)nc2)nc1Nc1ccc2oc(=O)[nH]c2c1. The fourth-order valence-corrected chi connectivity index (χ4v) is 5.11. The van der Waals surface area contributed by atoms with Gasteiger partial charge in [0.1, 0.15) is 11.6 Å². The molecule has 0 radical (unpaired) electrons. The van der Waals surface area contributed by atoms with E-state index in [1.165, 1.54) is 12.0 Å². The third-order valence-electron chi connectivity index (χ3n) is 7.30. The first-order valence-corrected chi connectivity index (χ1v) is 13.5. The van der Waals surface area contributed by atoms with E-state index in [4.69, 9.17) is 9.40 Å². The number of rotatable bonds is 8. The van der Waals surface area contributed by atoms with Crippen molar-refractivity contribution in [2.45, 2.75) is 32.4 Å². The summed E-state index contributed by atoms with van der Waals surface area (Å²) in [6, 6.07) is 20.5. The van der Waals surface area contributed by atoms with Gasteiger partial charge in [-0.1, -0.05) is 30.3 Å². The molecule has 10 nitrogen and oxygen atoms in total. The Morgan fingerprint density at radius 2 is 1.90 bits per heavy atom. The molecule has 0 spiro atoms. The fourth-order valence-electron chi connectivity index (χ4n) is 5.11. The minimum atomic E-state index is -0.480. The summed E-state index contributed by atoms with van der Waals surface area (Å²) in [6.07, 6.45) is 5.90. The van der Waals surface area contributed by atoms with E-state index in [1.54, 1.807) is 18.3 Å². The Hall–Kier alpha value is -4.70. The van der Waals surface area contributed by atoms with Gasteiger partial charge in [0, 0.05) is 43.6 Å². The second kappa shape index (κ2) is 11.2. The molecule has 2 aromatic carbocycles. The largest absolute Gasteiger partial charge is 0.417 e. The second-order valence-corrected chi connectivity index (χ2v) is 10.2. The molecule has 1 fully saturated rings. The van der Waals surface area contributed by atoms with E-state index in [0.29, 0.717) is 28.9 Å². The number of benzene rings is 2. The van der Waals surface area contributed by atoms with Crippen molar-refractivity contribution in [2.75, 3.05) is 35.7 Å². The van der Waals surface area contributed by atoms with Crippen LogP contribution in [0.15, 0.2) is 82.3 Å². The minimum absolute atomic E-state index is 0.414. The van der Waals surface area contributed by atoms with Crippen LogP contribution in [0.3, 0.4) is 0 Å². The summed E-state index contributed by atoms with van der Waals surface area (Å²) < 4.78 is 5.08. The van der Waals surface area contributed by atoms with Gasteiger partial charge in [0.05, 0.1) is 17.4 Å². The highest BCUT2D eigenvalue weighted by Crippen LogP contribution is 2.25. The Bertz CT molecular complexity index is 1650. The Labute approximate surface area is 232 Å². The zero-order chi connectivity index (χ0) is 27.5. The molecule has 10 heteroatoms. The molecule has 3 aromatic heterocycles. The van der Waals surface area contributed by atoms with Gasteiger partial charge >= 0.3 is 5.76 Å². The van der Waals surface area contributed by atoms with Gasteiger partial charge in [-0.25, -0.2) is 14.8 Å². The van der Waals surface area contributed by atoms with Crippen LogP contribution in [-0.4, -0.2) is 51.0 Å². The average Bonchev–Trinajstić information content (AvgIpc) is 3.35. The Morgan fingerprint density at radius 1 is 1.05 bits per heavy atom. The van der Waals surface area contributed by atoms with Crippen molar-refractivity contribution >= 4 is 40.1 Å². The van der Waals surface area contributed by atoms with Crippen LogP contribution in [0.1, 0.15) is 24.0 Å². The molecule has 40 heavy (non-hydrogen) atoms. The lowest BCUT2D eigenvalue weighted by Crippen LogP contribution is -2.46. The number of nitrogens with one attached hydrogen (secondary N) is 3. The maximum atomic E-state index is 11.5. The maximum absolute atomic E-state index is 11.5. The predicted molar refractivity (Wildman–Crippen MR) is 158 cm³/mol. The molecular weight excluding hydrogens is 504 g/mol. The van der Waals surface area contributed by atoms with E-state index < -0.39 is 5.76 Å². The molecule has 1 saturated heterocycles. The van der Waals surface area contributed by atoms with Gasteiger partial charge < -0.3 is 20.0 Å². The number of aromatic amines is 1. The number of pyridine rings is 1. The van der Waals surface area contributed by atoms with Gasteiger partial charge in [0.2, 0.25) is 5.95 Å². The molecule has 5 aromatic rings. The lowest BCUT2D eigenvalue weighted by atomic mass is 10.0. The van der Waals surface area contributed by atoms with Gasteiger partial charge in [-0.05, 0) is 62.2 Å². The number of aryl methyl sites for hydroxylation is 1. The van der Waals surface area contributed by atoms with Gasteiger partial charge in [0.25, 0.3) is 0 Å². The highest BCUT2D eigenvalue weighted by Gasteiger charge is 2.24. The first-order valence-electron chi connectivity index (χ1n) is 13.5. The Kier molecular flexibility index (Phi) is 7.15. The standard InChI is InChI=1S/C30H32N8O2/c1-20-16-32-29(36-28(20)33-22-10-12-26-25(15-22)35-30(39)40-26)34-23-11-13-27(31-17-23)37(2)24-9-6-14-38(19-24)18-21-7-4-3-5-8-21/h3-5,7-8,10-13,15-17,24H,6,9,14,18-19H2,1-2H3,(H,35,39)(H2,32,33,34,36)/t24-/m1/s1. The lowest BCUT2D eigenvalue weighted by molar-refractivity contribution is 0.198. The van der Waals surface area contributed by atoms with Crippen LogP contribution in [0, 0.1) is 6.92 Å². The van der Waals surface area contributed by atoms with Crippen molar-refractivity contribution in [3.63, 3.8) is 0 Å². The first-order chi connectivity index (χ1) is 19.5. The predicted octanol–water partition coefficient (Wildman–Crippen LogP) is 5.20. The fraction of sp³-hybridized carbons (Fsp3) is 0.267. The van der Waals surface area contributed by atoms with Gasteiger partial charge in [-0.3, -0.25) is 9.88 Å². The molecule has 204 valence electrons. The first kappa shape index (κ1) is 25.6. The van der Waals surface area contributed by atoms with E-state index >= 15 is 0 Å². The second-order valence-electron chi connectivity index (χ2n) is 10.2. The van der Waals surface area contributed by atoms with Crippen molar-refractivity contribution in [3.05, 3.63) is 94.7 Å². The van der Waals surface area contributed by atoms with Crippen molar-refractivity contribution in [1.29, 1.82) is 0 Å². The smallest absolute Gasteiger partial charge is 0.408 e. The normalized spacial score (nSPS) is 15.7. The zero-order valence-corrected chi connectivity index (χ0v) is 22.6. The molecule has 0 amide bonds. The van der Waals surface area contributed by atoms with E-state index in [-0.39, 0.29) is 0 Å². The molecule has 6 rings (SSSR count). The third-order valence-corrected chi connectivity index (χ3v) is 7.30. The number of fused-ring (bicyclic) bond motifs is 1. The molecular formula is C30H32N8O2. The summed E-state index contributed by atoms with van der Waals surface area (Å²) in [6.45, 7) is 5.05. The quantitative estimate of drug-likeness (QED) is 0.246. The summed E-state index contributed by atoms with van der Waals surface area (Å²) in [5.41, 5.74) is 4.94. The maximum Gasteiger partial charge on any atom is 0.417 e. The van der Waals surface area contributed by atoms with Crippen molar-refractivity contribution in [2.24, 2.45) is 0 Å². The van der Waals surface area contributed by atoms with E-state index in [1.807, 2.05) is 31.3 Å². The van der Waals surface area contributed by atoms with Crippen LogP contribution >= 0.6 is 0 Å². The van der Waals surface area contributed by atoms with E-state index in [0.717, 1.165) is 48.8 Å². The summed E-state index contributed by atoms with van der Waals surface area (Å²) in [4.78, 5) is 32.8. The number of likely N-dealkylation sites (tertiary alicyclic amines) is 1. The van der Waals surface area contributed by atoms with Gasteiger partial charge in [0.15, 0.2) is 5.58 Å². The van der Waals surface area contributed by atoms with Crippen LogP contribution in [-0.2, 0) is 6.54 Å². The number of hydrogen-bond donors (Lipinski definition) is 3. The van der Waals surface area contributed by atoms with Crippen LogP contribution in [0.25, 0.3) is 11.1 Å². The van der Waals surface area contributed by atoms with E-state index in [9.17, 15) is 4.79 Å². The van der Waals surface area contributed by atoms with Gasteiger partial charge in [-0.2, -0.15) is 4.98 Å². The monoisotopic (exact) mass is 536 g/mol. The molecule has 3 N–H and O–H groups in total. The summed E-state index contributed by atoms with van der Waals surface area (Å²) in [5.74, 6) is 1.57. The van der Waals surface area contributed by atoms with Crippen LogP contribution < -0.4 is 21.3 Å². The van der Waals surface area contributed by atoms with Crippen LogP contribution in [0.2, 0.25) is 0 Å². The molecule has 0 aliphatic carbocycles. The minimum Gasteiger partial charge on any atom is -0.408 e. The lowest BCUT2D eigenvalue weighted by Gasteiger charge is -2.38. The number of aromatic nitrogens is 4. The molecule has 0 bridgehead atoms. The third kappa shape index (κ3) is 5.81. The van der Waals surface area contributed by atoms with Crippen molar-refractivity contribution in [3.8, 4) is 0 Å². The highest BCUT2D eigenvalue weighted by atomic mass is 16.4. The molecule has 1 atom stereocenters.